The zero-order chi connectivity index (χ0) is 11.4. The molecule has 0 unspecified atom stereocenters. The highest BCUT2D eigenvalue weighted by Gasteiger charge is 2.11. The van der Waals surface area contributed by atoms with Gasteiger partial charge in [-0.15, -0.1) is 0 Å². The average Bonchev–Trinajstić information content (AvgIpc) is 2.21. The summed E-state index contributed by atoms with van der Waals surface area (Å²) in [5.41, 5.74) is 7.60. The number of non-ortho nitro benzene ring substituents is 1. The van der Waals surface area contributed by atoms with Gasteiger partial charge in [0.05, 0.1) is 10.6 Å². The van der Waals surface area contributed by atoms with Crippen molar-refractivity contribution in [3.8, 4) is 0 Å². The van der Waals surface area contributed by atoms with Crippen LogP contribution in [0.5, 0.6) is 0 Å². The summed E-state index contributed by atoms with van der Waals surface area (Å²) < 4.78 is 0. The molecule has 0 heterocycles. The highest BCUT2D eigenvalue weighted by Crippen LogP contribution is 2.22. The Morgan fingerprint density at radius 1 is 1.33 bits per heavy atom. The minimum absolute atomic E-state index is 0.100. The molecule has 1 aromatic rings. The molecule has 6 heteroatoms. The quantitative estimate of drug-likeness (QED) is 0.572. The summed E-state index contributed by atoms with van der Waals surface area (Å²) in [7, 11) is 3.52. The van der Waals surface area contributed by atoms with Crippen molar-refractivity contribution >= 4 is 11.4 Å². The third kappa shape index (κ3) is 2.42. The standard InChI is InChI=1S/C9H14N4O2/c1-7-6-8(13(14)15)4-5-9(7)12(10-2)11-3/h4-6,10-11H,1-3H3. The zero-order valence-electron chi connectivity index (χ0n) is 8.94. The Balaban J connectivity index is 3.07. The van der Waals surface area contributed by atoms with Gasteiger partial charge in [0.1, 0.15) is 0 Å². The largest absolute Gasteiger partial charge is 0.269 e. The lowest BCUT2D eigenvalue weighted by atomic mass is 10.2. The van der Waals surface area contributed by atoms with Crippen LogP contribution in [0.1, 0.15) is 5.56 Å². The Morgan fingerprint density at radius 2 is 1.93 bits per heavy atom. The normalized spacial score (nSPS) is 10.1. The lowest BCUT2D eigenvalue weighted by Crippen LogP contribution is -2.44. The number of hydrogen-bond acceptors (Lipinski definition) is 5. The lowest BCUT2D eigenvalue weighted by molar-refractivity contribution is -0.384. The maximum Gasteiger partial charge on any atom is 0.269 e. The van der Waals surface area contributed by atoms with Crippen molar-refractivity contribution in [2.75, 3.05) is 19.2 Å². The summed E-state index contributed by atoms with van der Waals surface area (Å²) in [6, 6.07) is 4.71. The fraction of sp³-hybridized carbons (Fsp3) is 0.333. The number of aryl methyl sites for hydroxylation is 1. The van der Waals surface area contributed by atoms with E-state index in [1.54, 1.807) is 25.3 Å². The fourth-order valence-electron chi connectivity index (χ4n) is 1.36. The van der Waals surface area contributed by atoms with E-state index < -0.39 is 4.92 Å². The van der Waals surface area contributed by atoms with Gasteiger partial charge < -0.3 is 0 Å². The van der Waals surface area contributed by atoms with E-state index in [2.05, 4.69) is 10.9 Å². The molecule has 1 aromatic carbocycles. The van der Waals surface area contributed by atoms with E-state index >= 15 is 0 Å². The number of nitro benzene ring substituents is 1. The van der Waals surface area contributed by atoms with E-state index in [9.17, 15) is 10.1 Å². The van der Waals surface area contributed by atoms with Crippen molar-refractivity contribution in [1.29, 1.82) is 0 Å². The Hall–Kier alpha value is -1.66. The molecule has 0 aliphatic rings. The summed E-state index contributed by atoms with van der Waals surface area (Å²) in [4.78, 5) is 10.1. The number of rotatable bonds is 4. The van der Waals surface area contributed by atoms with Gasteiger partial charge in [0.15, 0.2) is 0 Å². The third-order valence-corrected chi connectivity index (χ3v) is 2.08. The van der Waals surface area contributed by atoms with Crippen LogP contribution >= 0.6 is 0 Å². The van der Waals surface area contributed by atoms with Crippen molar-refractivity contribution < 1.29 is 4.92 Å². The van der Waals surface area contributed by atoms with Gasteiger partial charge in [0.2, 0.25) is 0 Å². The van der Waals surface area contributed by atoms with Crippen molar-refractivity contribution in [2.45, 2.75) is 6.92 Å². The predicted molar refractivity (Wildman–Crippen MR) is 58.4 cm³/mol. The molecule has 0 fully saturated rings. The molecule has 0 bridgehead atoms. The second-order valence-electron chi connectivity index (χ2n) is 3.01. The topological polar surface area (TPSA) is 70.4 Å². The van der Waals surface area contributed by atoms with Gasteiger partial charge in [-0.3, -0.25) is 10.1 Å². The van der Waals surface area contributed by atoms with Crippen LogP contribution in [-0.4, -0.2) is 19.0 Å². The minimum atomic E-state index is -0.403. The number of nitro groups is 1. The highest BCUT2D eigenvalue weighted by atomic mass is 16.6. The number of benzene rings is 1. The van der Waals surface area contributed by atoms with E-state index in [4.69, 9.17) is 0 Å². The van der Waals surface area contributed by atoms with Crippen LogP contribution in [0.2, 0.25) is 0 Å². The zero-order valence-corrected chi connectivity index (χ0v) is 8.94. The third-order valence-electron chi connectivity index (χ3n) is 2.08. The summed E-state index contributed by atoms with van der Waals surface area (Å²) in [5, 5.41) is 12.2. The van der Waals surface area contributed by atoms with E-state index in [1.165, 1.54) is 12.1 Å². The van der Waals surface area contributed by atoms with Crippen LogP contribution < -0.4 is 16.0 Å². The molecule has 0 amide bonds. The monoisotopic (exact) mass is 210 g/mol. The smallest absolute Gasteiger partial charge is 0.258 e. The lowest BCUT2D eigenvalue weighted by Gasteiger charge is -2.23. The van der Waals surface area contributed by atoms with Gasteiger partial charge in [-0.05, 0) is 18.6 Å². The Morgan fingerprint density at radius 3 is 2.33 bits per heavy atom. The molecular formula is C9H14N4O2. The van der Waals surface area contributed by atoms with Crippen LogP contribution in [0, 0.1) is 17.0 Å². The van der Waals surface area contributed by atoms with Crippen molar-refractivity contribution in [1.82, 2.24) is 10.9 Å². The van der Waals surface area contributed by atoms with Gasteiger partial charge in [0.25, 0.3) is 5.69 Å². The summed E-state index contributed by atoms with van der Waals surface area (Å²) in [6.45, 7) is 1.82. The van der Waals surface area contributed by atoms with Gasteiger partial charge in [-0.25, -0.2) is 16.0 Å². The second-order valence-corrected chi connectivity index (χ2v) is 3.01. The molecular weight excluding hydrogens is 196 g/mol. The summed E-state index contributed by atoms with van der Waals surface area (Å²) in [5.74, 6) is 0. The highest BCUT2D eigenvalue weighted by molar-refractivity contribution is 5.55. The van der Waals surface area contributed by atoms with Crippen LogP contribution in [-0.2, 0) is 0 Å². The maximum atomic E-state index is 10.5. The molecule has 0 saturated carbocycles. The Bertz CT molecular complexity index is 363. The minimum Gasteiger partial charge on any atom is -0.258 e. The number of nitrogens with zero attached hydrogens (tertiary/aromatic N) is 2. The van der Waals surface area contributed by atoms with Crippen molar-refractivity contribution in [3.63, 3.8) is 0 Å². The van der Waals surface area contributed by atoms with E-state index in [0.717, 1.165) is 11.3 Å². The Kier molecular flexibility index (Phi) is 3.59. The summed E-state index contributed by atoms with van der Waals surface area (Å²) in [6.07, 6.45) is 0. The second kappa shape index (κ2) is 4.72. The van der Waals surface area contributed by atoms with Crippen LogP contribution in [0.3, 0.4) is 0 Å². The van der Waals surface area contributed by atoms with Crippen LogP contribution in [0.15, 0.2) is 18.2 Å². The first-order valence-electron chi connectivity index (χ1n) is 4.50. The molecule has 82 valence electrons. The van der Waals surface area contributed by atoms with Gasteiger partial charge >= 0.3 is 0 Å². The van der Waals surface area contributed by atoms with Crippen LogP contribution in [0.4, 0.5) is 11.4 Å². The molecule has 0 saturated heterocycles. The molecule has 0 aromatic heterocycles. The number of hydrazine groups is 2. The predicted octanol–water partition coefficient (Wildman–Crippen LogP) is 0.978. The van der Waals surface area contributed by atoms with E-state index in [0.29, 0.717) is 0 Å². The number of anilines is 1. The number of nitrogens with one attached hydrogen (secondary N) is 2. The molecule has 15 heavy (non-hydrogen) atoms. The van der Waals surface area contributed by atoms with Gasteiger partial charge in [-0.1, -0.05) is 0 Å². The maximum absolute atomic E-state index is 10.5. The average molecular weight is 210 g/mol. The fourth-order valence-corrected chi connectivity index (χ4v) is 1.36. The van der Waals surface area contributed by atoms with E-state index in [-0.39, 0.29) is 5.69 Å². The van der Waals surface area contributed by atoms with Gasteiger partial charge in [0, 0.05) is 26.2 Å². The van der Waals surface area contributed by atoms with Crippen molar-refractivity contribution in [2.24, 2.45) is 0 Å². The Labute approximate surface area is 88.0 Å². The molecule has 0 spiro atoms. The number of hydrogen-bond donors (Lipinski definition) is 2. The van der Waals surface area contributed by atoms with E-state index in [1.807, 2.05) is 6.92 Å². The first-order valence-corrected chi connectivity index (χ1v) is 4.50. The molecule has 6 nitrogen and oxygen atoms in total. The molecule has 0 atom stereocenters. The van der Waals surface area contributed by atoms with Crippen molar-refractivity contribution in [3.05, 3.63) is 33.9 Å². The first kappa shape index (κ1) is 11.4. The molecule has 0 radical (unpaired) electrons. The molecule has 1 rings (SSSR count). The molecule has 0 aliphatic heterocycles. The summed E-state index contributed by atoms with van der Waals surface area (Å²) >= 11 is 0. The molecule has 0 aliphatic carbocycles. The first-order chi connectivity index (χ1) is 7.10. The van der Waals surface area contributed by atoms with Crippen LogP contribution in [0.25, 0.3) is 0 Å². The van der Waals surface area contributed by atoms with Gasteiger partial charge in [-0.2, -0.15) is 0 Å². The SMILES string of the molecule is CNN(NC)c1ccc([N+](=O)[O-])cc1C. The molecule has 2 N–H and O–H groups in total.